The van der Waals surface area contributed by atoms with Gasteiger partial charge in [-0.15, -0.1) is 0 Å². The molecule has 0 saturated carbocycles. The zero-order valence-corrected chi connectivity index (χ0v) is 23.8. The standard InChI is InChI=1S/C32H27N5O5S/c38-31(25-20-27(36(39)40)22-28(21-25)37(41)42)33-18-10-11-19-43-32-34-29(23-12-4-1-5-13-23)30(24-14-6-2-7-15-24)35(32)26-16-8-3-9-17-26/h1-9,12-17,20-22H,10-11,18-19H2,(H,33,38). The topological polar surface area (TPSA) is 133 Å². The Hall–Kier alpha value is -5.29. The SMILES string of the molecule is O=C(NCCCCSc1nc(-c2ccccc2)c(-c2ccccc2)n1-c1ccccc1)c1cc([N+](=O)[O-])cc([N+](=O)[O-])c1. The van der Waals surface area contributed by atoms with Crippen LogP contribution >= 0.6 is 11.8 Å². The molecule has 5 aromatic rings. The van der Waals surface area contributed by atoms with Crippen molar-refractivity contribution in [3.05, 3.63) is 135 Å². The van der Waals surface area contributed by atoms with Crippen LogP contribution in [0.15, 0.2) is 114 Å². The summed E-state index contributed by atoms with van der Waals surface area (Å²) in [6.45, 7) is 0.313. The van der Waals surface area contributed by atoms with Crippen molar-refractivity contribution in [1.82, 2.24) is 14.9 Å². The zero-order chi connectivity index (χ0) is 30.2. The van der Waals surface area contributed by atoms with E-state index in [0.29, 0.717) is 13.0 Å². The number of imidazole rings is 1. The summed E-state index contributed by atoms with van der Waals surface area (Å²) < 4.78 is 2.18. The Morgan fingerprint density at radius 1 is 0.767 bits per heavy atom. The molecule has 0 radical (unpaired) electrons. The zero-order valence-electron chi connectivity index (χ0n) is 23.0. The Morgan fingerprint density at radius 3 is 1.91 bits per heavy atom. The normalized spacial score (nSPS) is 10.8. The third-order valence-electron chi connectivity index (χ3n) is 6.63. The van der Waals surface area contributed by atoms with Crippen molar-refractivity contribution in [3.8, 4) is 28.2 Å². The van der Waals surface area contributed by atoms with E-state index in [9.17, 15) is 25.0 Å². The summed E-state index contributed by atoms with van der Waals surface area (Å²) >= 11 is 1.62. The highest BCUT2D eigenvalue weighted by Gasteiger charge is 2.22. The molecule has 216 valence electrons. The Kier molecular flexibility index (Phi) is 9.23. The first-order chi connectivity index (χ1) is 20.9. The third-order valence-corrected chi connectivity index (χ3v) is 7.65. The van der Waals surface area contributed by atoms with Gasteiger partial charge >= 0.3 is 0 Å². The minimum Gasteiger partial charge on any atom is -0.352 e. The van der Waals surface area contributed by atoms with Gasteiger partial charge < -0.3 is 5.32 Å². The van der Waals surface area contributed by atoms with E-state index in [1.165, 1.54) is 0 Å². The predicted molar refractivity (Wildman–Crippen MR) is 166 cm³/mol. The highest BCUT2D eigenvalue weighted by Crippen LogP contribution is 2.38. The van der Waals surface area contributed by atoms with Gasteiger partial charge in [0.15, 0.2) is 5.16 Å². The lowest BCUT2D eigenvalue weighted by Crippen LogP contribution is -2.24. The Balaban J connectivity index is 1.31. The summed E-state index contributed by atoms with van der Waals surface area (Å²) in [5, 5.41) is 25.8. The molecule has 0 atom stereocenters. The van der Waals surface area contributed by atoms with Crippen LogP contribution in [0.5, 0.6) is 0 Å². The molecule has 1 aromatic heterocycles. The molecule has 11 heteroatoms. The number of rotatable bonds is 12. The molecule has 1 N–H and O–H groups in total. The maximum Gasteiger partial charge on any atom is 0.277 e. The second-order valence-electron chi connectivity index (χ2n) is 9.56. The van der Waals surface area contributed by atoms with Gasteiger partial charge in [-0.1, -0.05) is 90.6 Å². The quantitative estimate of drug-likeness (QED) is 0.0693. The number of para-hydroxylation sites is 1. The first-order valence-electron chi connectivity index (χ1n) is 13.6. The summed E-state index contributed by atoms with van der Waals surface area (Å²) in [5.74, 6) is 0.129. The fourth-order valence-corrected chi connectivity index (χ4v) is 5.62. The van der Waals surface area contributed by atoms with Crippen LogP contribution in [-0.2, 0) is 0 Å². The summed E-state index contributed by atoms with van der Waals surface area (Å²) in [6.07, 6.45) is 1.39. The number of benzene rings is 4. The smallest absolute Gasteiger partial charge is 0.277 e. The number of hydrogen-bond acceptors (Lipinski definition) is 7. The van der Waals surface area contributed by atoms with Crippen LogP contribution in [0.4, 0.5) is 11.4 Å². The average Bonchev–Trinajstić information content (AvgIpc) is 3.43. The molecule has 0 aliphatic carbocycles. The van der Waals surface area contributed by atoms with Crippen LogP contribution in [0.1, 0.15) is 23.2 Å². The lowest BCUT2D eigenvalue weighted by atomic mass is 10.0. The fourth-order valence-electron chi connectivity index (χ4n) is 4.60. The van der Waals surface area contributed by atoms with E-state index in [2.05, 4.69) is 46.3 Å². The molecule has 0 aliphatic heterocycles. The Morgan fingerprint density at radius 2 is 1.33 bits per heavy atom. The fraction of sp³-hybridized carbons (Fsp3) is 0.125. The van der Waals surface area contributed by atoms with Crippen molar-refractivity contribution in [2.45, 2.75) is 18.0 Å². The molecule has 0 fully saturated rings. The number of amides is 1. The van der Waals surface area contributed by atoms with E-state index in [0.717, 1.165) is 63.7 Å². The van der Waals surface area contributed by atoms with Gasteiger partial charge in [0.1, 0.15) is 0 Å². The number of aromatic nitrogens is 2. The van der Waals surface area contributed by atoms with E-state index in [1.807, 2.05) is 54.6 Å². The summed E-state index contributed by atoms with van der Waals surface area (Å²) in [4.78, 5) is 38.5. The first kappa shape index (κ1) is 29.2. The number of unbranched alkanes of at least 4 members (excludes halogenated alkanes) is 1. The summed E-state index contributed by atoms with van der Waals surface area (Å²) in [5.41, 5.74) is 3.81. The minimum absolute atomic E-state index is 0.123. The number of carbonyl (C=O) groups excluding carboxylic acids is 1. The van der Waals surface area contributed by atoms with Crippen LogP contribution in [0.3, 0.4) is 0 Å². The molecular formula is C32H27N5O5S. The van der Waals surface area contributed by atoms with Crippen LogP contribution < -0.4 is 5.32 Å². The maximum absolute atomic E-state index is 12.6. The van der Waals surface area contributed by atoms with Gasteiger partial charge in [-0.05, 0) is 25.0 Å². The predicted octanol–water partition coefficient (Wildman–Crippen LogP) is 7.33. The molecule has 0 unspecified atom stereocenters. The summed E-state index contributed by atoms with van der Waals surface area (Å²) in [7, 11) is 0. The molecule has 1 amide bonds. The van der Waals surface area contributed by atoms with Crippen LogP contribution in [0.25, 0.3) is 28.2 Å². The molecule has 4 aromatic carbocycles. The Labute approximate surface area is 251 Å². The van der Waals surface area contributed by atoms with Gasteiger partial charge in [0.05, 0.1) is 32.9 Å². The van der Waals surface area contributed by atoms with Crippen LogP contribution in [-0.4, -0.2) is 37.6 Å². The van der Waals surface area contributed by atoms with E-state index < -0.39 is 27.1 Å². The molecule has 0 spiro atoms. The van der Waals surface area contributed by atoms with Crippen molar-refractivity contribution in [3.63, 3.8) is 0 Å². The van der Waals surface area contributed by atoms with Gasteiger partial charge in [0.25, 0.3) is 17.3 Å². The monoisotopic (exact) mass is 593 g/mol. The second kappa shape index (κ2) is 13.6. The number of nitrogens with zero attached hydrogens (tertiary/aromatic N) is 4. The molecule has 43 heavy (non-hydrogen) atoms. The number of hydrogen-bond donors (Lipinski definition) is 1. The van der Waals surface area contributed by atoms with Gasteiger partial charge in [-0.3, -0.25) is 29.6 Å². The molecule has 0 aliphatic rings. The van der Waals surface area contributed by atoms with Gasteiger partial charge in [-0.25, -0.2) is 4.98 Å². The lowest BCUT2D eigenvalue weighted by molar-refractivity contribution is -0.394. The van der Waals surface area contributed by atoms with Crippen molar-refractivity contribution in [1.29, 1.82) is 0 Å². The highest BCUT2D eigenvalue weighted by atomic mass is 32.2. The highest BCUT2D eigenvalue weighted by molar-refractivity contribution is 7.99. The number of non-ortho nitro benzene ring substituents is 2. The number of carbonyl (C=O) groups is 1. The minimum atomic E-state index is -0.757. The molecular weight excluding hydrogens is 566 g/mol. The summed E-state index contributed by atoms with van der Waals surface area (Å²) in [6, 6.07) is 33.3. The van der Waals surface area contributed by atoms with E-state index >= 15 is 0 Å². The second-order valence-corrected chi connectivity index (χ2v) is 10.6. The van der Waals surface area contributed by atoms with E-state index in [1.54, 1.807) is 11.8 Å². The number of nitro benzene ring substituents is 2. The molecule has 10 nitrogen and oxygen atoms in total. The van der Waals surface area contributed by atoms with Crippen LogP contribution in [0, 0.1) is 20.2 Å². The van der Waals surface area contributed by atoms with E-state index in [-0.39, 0.29) is 5.56 Å². The molecule has 5 rings (SSSR count). The molecule has 0 bridgehead atoms. The van der Waals surface area contributed by atoms with Crippen LogP contribution in [0.2, 0.25) is 0 Å². The van der Waals surface area contributed by atoms with Gasteiger partial charge in [-0.2, -0.15) is 0 Å². The van der Waals surface area contributed by atoms with Gasteiger partial charge in [0, 0.05) is 41.2 Å². The largest absolute Gasteiger partial charge is 0.352 e. The molecule has 0 saturated heterocycles. The van der Waals surface area contributed by atoms with E-state index in [4.69, 9.17) is 4.98 Å². The molecule has 1 heterocycles. The van der Waals surface area contributed by atoms with Crippen molar-refractivity contribution < 1.29 is 14.6 Å². The lowest BCUT2D eigenvalue weighted by Gasteiger charge is -2.13. The van der Waals surface area contributed by atoms with Crippen molar-refractivity contribution in [2.24, 2.45) is 0 Å². The maximum atomic E-state index is 12.6. The third kappa shape index (κ3) is 6.96. The number of thioether (sulfide) groups is 1. The van der Waals surface area contributed by atoms with Crippen molar-refractivity contribution >= 4 is 29.0 Å². The van der Waals surface area contributed by atoms with Crippen molar-refractivity contribution in [2.75, 3.05) is 12.3 Å². The number of nitro groups is 2. The average molecular weight is 594 g/mol. The van der Waals surface area contributed by atoms with Gasteiger partial charge in [0.2, 0.25) is 0 Å². The first-order valence-corrected chi connectivity index (χ1v) is 14.5. The number of nitrogens with one attached hydrogen (secondary N) is 1. The Bertz CT molecular complexity index is 1710.